The van der Waals surface area contributed by atoms with E-state index < -0.39 is 0 Å². The van der Waals surface area contributed by atoms with Crippen molar-refractivity contribution in [2.75, 3.05) is 20.3 Å². The topological polar surface area (TPSA) is 68.9 Å². The van der Waals surface area contributed by atoms with Gasteiger partial charge in [-0.05, 0) is 32.6 Å². The predicted octanol–water partition coefficient (Wildman–Crippen LogP) is 1.81. The lowest BCUT2D eigenvalue weighted by Crippen LogP contribution is -2.41. The number of aliphatic imine (C=N–C) groups is 1. The van der Waals surface area contributed by atoms with Gasteiger partial charge in [0, 0.05) is 13.2 Å². The van der Waals surface area contributed by atoms with E-state index in [0.29, 0.717) is 19.1 Å². The zero-order chi connectivity index (χ0) is 14.4. The zero-order valence-corrected chi connectivity index (χ0v) is 12.9. The molecular formula is C15H29N3O2. The van der Waals surface area contributed by atoms with Crippen LogP contribution in [0.25, 0.3) is 0 Å². The summed E-state index contributed by atoms with van der Waals surface area (Å²) in [6.45, 7) is 3.31. The molecule has 20 heavy (non-hydrogen) atoms. The molecule has 3 N–H and O–H groups in total. The Morgan fingerprint density at radius 3 is 2.85 bits per heavy atom. The first kappa shape index (κ1) is 15.6. The molecule has 0 aromatic rings. The summed E-state index contributed by atoms with van der Waals surface area (Å²) in [5.74, 6) is 0.489. The van der Waals surface area contributed by atoms with Crippen LogP contribution >= 0.6 is 0 Å². The number of nitrogens with one attached hydrogen (secondary N) is 1. The van der Waals surface area contributed by atoms with Crippen LogP contribution in [0, 0.1) is 0 Å². The van der Waals surface area contributed by atoms with Crippen LogP contribution in [0.4, 0.5) is 0 Å². The Labute approximate surface area is 122 Å². The maximum atomic E-state index is 6.28. The van der Waals surface area contributed by atoms with Crippen LogP contribution in [0.15, 0.2) is 4.99 Å². The number of ether oxygens (including phenoxy) is 2. The van der Waals surface area contributed by atoms with Gasteiger partial charge < -0.3 is 20.5 Å². The quantitative estimate of drug-likeness (QED) is 0.596. The van der Waals surface area contributed by atoms with E-state index >= 15 is 0 Å². The zero-order valence-electron chi connectivity index (χ0n) is 12.9. The molecule has 0 aromatic heterocycles. The number of rotatable bonds is 5. The van der Waals surface area contributed by atoms with E-state index in [2.05, 4.69) is 10.3 Å². The molecule has 2 unspecified atom stereocenters. The molecule has 1 spiro atoms. The van der Waals surface area contributed by atoms with Crippen LogP contribution in [-0.2, 0) is 9.47 Å². The first-order valence-electron chi connectivity index (χ1n) is 7.87. The molecule has 5 nitrogen and oxygen atoms in total. The first-order chi connectivity index (χ1) is 9.63. The summed E-state index contributed by atoms with van der Waals surface area (Å²) in [6, 6.07) is 0.179. The van der Waals surface area contributed by atoms with Gasteiger partial charge in [0.1, 0.15) is 0 Å². The lowest BCUT2D eigenvalue weighted by Gasteiger charge is -2.33. The normalized spacial score (nSPS) is 27.7. The van der Waals surface area contributed by atoms with E-state index in [1.807, 2.05) is 6.92 Å². The minimum Gasteiger partial charge on any atom is -0.383 e. The Hall–Kier alpha value is -0.810. The molecule has 2 rings (SSSR count). The highest BCUT2D eigenvalue weighted by Gasteiger charge is 2.40. The summed E-state index contributed by atoms with van der Waals surface area (Å²) in [7, 11) is 1.68. The predicted molar refractivity (Wildman–Crippen MR) is 80.9 cm³/mol. The summed E-state index contributed by atoms with van der Waals surface area (Å²) in [5, 5.41) is 3.12. The second-order valence-corrected chi connectivity index (χ2v) is 6.25. The van der Waals surface area contributed by atoms with Gasteiger partial charge in [-0.1, -0.05) is 19.3 Å². The maximum Gasteiger partial charge on any atom is 0.188 e. The number of hydrogen-bond acceptors (Lipinski definition) is 3. The van der Waals surface area contributed by atoms with Gasteiger partial charge in [-0.15, -0.1) is 0 Å². The average molecular weight is 283 g/mol. The monoisotopic (exact) mass is 283 g/mol. The van der Waals surface area contributed by atoms with E-state index in [-0.39, 0.29) is 17.7 Å². The maximum absolute atomic E-state index is 6.28. The van der Waals surface area contributed by atoms with Crippen LogP contribution in [0.2, 0.25) is 0 Å². The molecule has 0 amide bonds. The lowest BCUT2D eigenvalue weighted by atomic mass is 9.83. The van der Waals surface area contributed by atoms with Crippen molar-refractivity contribution in [1.82, 2.24) is 5.32 Å². The molecule has 0 bridgehead atoms. The third kappa shape index (κ3) is 4.35. The molecule has 1 aliphatic carbocycles. The molecule has 1 saturated carbocycles. The van der Waals surface area contributed by atoms with E-state index in [9.17, 15) is 0 Å². The molecular weight excluding hydrogens is 254 g/mol. The van der Waals surface area contributed by atoms with Crippen LogP contribution in [0.5, 0.6) is 0 Å². The number of hydrogen-bond donors (Lipinski definition) is 2. The van der Waals surface area contributed by atoms with Gasteiger partial charge in [0.25, 0.3) is 0 Å². The molecule has 1 heterocycles. The Bertz CT molecular complexity index is 327. The van der Waals surface area contributed by atoms with Gasteiger partial charge in [-0.3, -0.25) is 4.99 Å². The smallest absolute Gasteiger partial charge is 0.188 e. The van der Waals surface area contributed by atoms with Gasteiger partial charge in [0.05, 0.1) is 24.9 Å². The number of guanidine groups is 1. The van der Waals surface area contributed by atoms with E-state index in [0.717, 1.165) is 6.42 Å². The van der Waals surface area contributed by atoms with Gasteiger partial charge in [0.15, 0.2) is 5.96 Å². The fourth-order valence-corrected chi connectivity index (χ4v) is 3.38. The Balaban J connectivity index is 1.74. The van der Waals surface area contributed by atoms with E-state index in [1.165, 1.54) is 38.5 Å². The van der Waals surface area contributed by atoms with E-state index in [1.54, 1.807) is 7.11 Å². The molecule has 0 aromatic carbocycles. The van der Waals surface area contributed by atoms with Crippen molar-refractivity contribution in [1.29, 1.82) is 0 Å². The molecule has 2 aliphatic rings. The van der Waals surface area contributed by atoms with Crippen LogP contribution in [0.1, 0.15) is 51.9 Å². The fraction of sp³-hybridized carbons (Fsp3) is 0.933. The van der Waals surface area contributed by atoms with Crippen LogP contribution in [-0.4, -0.2) is 44.0 Å². The molecule has 2 atom stereocenters. The number of nitrogens with two attached hydrogens (primary N) is 1. The van der Waals surface area contributed by atoms with Crippen molar-refractivity contribution >= 4 is 5.96 Å². The molecule has 1 saturated heterocycles. The molecule has 116 valence electrons. The Morgan fingerprint density at radius 2 is 2.15 bits per heavy atom. The Morgan fingerprint density at radius 1 is 1.40 bits per heavy atom. The summed E-state index contributed by atoms with van der Waals surface area (Å²) in [4.78, 5) is 4.41. The summed E-state index contributed by atoms with van der Waals surface area (Å²) >= 11 is 0. The van der Waals surface area contributed by atoms with Gasteiger partial charge in [-0.25, -0.2) is 0 Å². The lowest BCUT2D eigenvalue weighted by molar-refractivity contribution is -0.0599. The van der Waals surface area contributed by atoms with Crippen molar-refractivity contribution in [2.24, 2.45) is 10.7 Å². The van der Waals surface area contributed by atoms with Gasteiger partial charge >= 0.3 is 0 Å². The fourth-order valence-electron chi connectivity index (χ4n) is 3.38. The summed E-state index contributed by atoms with van der Waals surface area (Å²) in [5.41, 5.74) is 6.05. The van der Waals surface area contributed by atoms with Crippen molar-refractivity contribution in [3.05, 3.63) is 0 Å². The van der Waals surface area contributed by atoms with Crippen molar-refractivity contribution in [2.45, 2.75) is 69.6 Å². The van der Waals surface area contributed by atoms with E-state index in [4.69, 9.17) is 15.2 Å². The highest BCUT2D eigenvalue weighted by Crippen LogP contribution is 2.41. The third-order valence-corrected chi connectivity index (χ3v) is 4.38. The first-order valence-corrected chi connectivity index (χ1v) is 7.87. The average Bonchev–Trinajstić information content (AvgIpc) is 2.80. The molecule has 2 fully saturated rings. The van der Waals surface area contributed by atoms with Crippen molar-refractivity contribution in [3.63, 3.8) is 0 Å². The highest BCUT2D eigenvalue weighted by molar-refractivity contribution is 5.78. The third-order valence-electron chi connectivity index (χ3n) is 4.38. The second kappa shape index (κ2) is 7.27. The minimum absolute atomic E-state index is 0.171. The number of methoxy groups -OCH3 is 1. The molecule has 1 aliphatic heterocycles. The number of nitrogens with zero attached hydrogens (tertiary/aromatic N) is 1. The van der Waals surface area contributed by atoms with Crippen LogP contribution < -0.4 is 11.1 Å². The Kier molecular flexibility index (Phi) is 5.66. The summed E-state index contributed by atoms with van der Waals surface area (Å²) < 4.78 is 11.3. The second-order valence-electron chi connectivity index (χ2n) is 6.25. The van der Waals surface area contributed by atoms with Crippen molar-refractivity contribution in [3.8, 4) is 0 Å². The molecule has 0 radical (unpaired) electrons. The van der Waals surface area contributed by atoms with Gasteiger partial charge in [-0.2, -0.15) is 0 Å². The SMILES string of the molecule is COCC(C)NC(N)=NCC1CCC2(CCCCC2)O1. The summed E-state index contributed by atoms with van der Waals surface area (Å²) in [6.07, 6.45) is 9.00. The standard InChI is InChI=1S/C15H29N3O2/c1-12(11-19-2)18-14(16)17-10-13-6-9-15(20-13)7-4-3-5-8-15/h12-13H,3-11H2,1-2H3,(H3,16,17,18). The van der Waals surface area contributed by atoms with Crippen molar-refractivity contribution < 1.29 is 9.47 Å². The molecule has 5 heteroatoms. The van der Waals surface area contributed by atoms with Gasteiger partial charge in [0.2, 0.25) is 0 Å². The largest absolute Gasteiger partial charge is 0.383 e. The minimum atomic E-state index is 0.171. The van der Waals surface area contributed by atoms with Crippen LogP contribution in [0.3, 0.4) is 0 Å². The highest BCUT2D eigenvalue weighted by atomic mass is 16.5.